The van der Waals surface area contributed by atoms with E-state index < -0.39 is 5.60 Å². The minimum absolute atomic E-state index is 0.0770. The van der Waals surface area contributed by atoms with Crippen molar-refractivity contribution in [2.75, 3.05) is 11.9 Å². The Morgan fingerprint density at radius 2 is 1.93 bits per heavy atom. The van der Waals surface area contributed by atoms with Crippen molar-refractivity contribution in [3.63, 3.8) is 0 Å². The average Bonchev–Trinajstić information content (AvgIpc) is 2.69. The Labute approximate surface area is 181 Å². The van der Waals surface area contributed by atoms with Gasteiger partial charge >= 0.3 is 0 Å². The van der Waals surface area contributed by atoms with Gasteiger partial charge in [0.1, 0.15) is 23.6 Å². The molecule has 0 radical (unpaired) electrons. The number of anilines is 1. The molecule has 162 valence electrons. The molecular formula is C26H35NO3. The van der Waals surface area contributed by atoms with E-state index in [2.05, 4.69) is 76.3 Å². The number of aryl methyl sites for hydroxylation is 1. The zero-order chi connectivity index (χ0) is 21.7. The number of ether oxygens (including phenoxy) is 3. The summed E-state index contributed by atoms with van der Waals surface area (Å²) in [4.78, 5) is 0. The van der Waals surface area contributed by atoms with E-state index in [0.717, 1.165) is 23.5 Å². The van der Waals surface area contributed by atoms with E-state index in [1.165, 1.54) is 11.1 Å². The number of hydrogen-bond donors (Lipinski definition) is 1. The second-order valence-corrected chi connectivity index (χ2v) is 8.67. The van der Waals surface area contributed by atoms with Crippen molar-refractivity contribution in [1.29, 1.82) is 0 Å². The van der Waals surface area contributed by atoms with Gasteiger partial charge in [0.05, 0.1) is 12.7 Å². The van der Waals surface area contributed by atoms with Crippen LogP contribution in [0.25, 0.3) is 0 Å². The molecule has 0 saturated heterocycles. The fourth-order valence-corrected chi connectivity index (χ4v) is 3.83. The number of nitrogens with one attached hydrogen (secondary N) is 1. The molecule has 1 aliphatic rings. The van der Waals surface area contributed by atoms with Crippen LogP contribution in [0.4, 0.5) is 5.69 Å². The molecule has 2 aromatic rings. The second kappa shape index (κ2) is 9.67. The van der Waals surface area contributed by atoms with Crippen molar-refractivity contribution in [3.8, 4) is 5.75 Å². The molecule has 1 aliphatic heterocycles. The van der Waals surface area contributed by atoms with Crippen LogP contribution in [0.15, 0.2) is 54.6 Å². The molecule has 1 heterocycles. The molecule has 0 spiro atoms. The van der Waals surface area contributed by atoms with E-state index in [9.17, 15) is 0 Å². The van der Waals surface area contributed by atoms with Crippen LogP contribution in [-0.2, 0) is 16.0 Å². The third-order valence-electron chi connectivity index (χ3n) is 5.42. The Morgan fingerprint density at radius 1 is 1.17 bits per heavy atom. The monoisotopic (exact) mass is 409 g/mol. The maximum absolute atomic E-state index is 6.38. The Morgan fingerprint density at radius 3 is 2.63 bits per heavy atom. The maximum atomic E-state index is 6.38. The molecule has 2 atom stereocenters. The Hall–Kier alpha value is -2.30. The van der Waals surface area contributed by atoms with E-state index >= 15 is 0 Å². The third kappa shape index (κ3) is 5.24. The summed E-state index contributed by atoms with van der Waals surface area (Å²) in [5, 5.41) is 3.55. The number of fused-ring (bicyclic) bond motifs is 1. The SMILES string of the molecule is CC=CCOC1C(OC(C)C)c2cc(NCc3ccccc3C)ccc2OC1(C)C. The Kier molecular flexibility index (Phi) is 7.22. The van der Waals surface area contributed by atoms with Gasteiger partial charge in [-0.2, -0.15) is 0 Å². The zero-order valence-corrected chi connectivity index (χ0v) is 19.1. The molecule has 0 saturated carbocycles. The molecule has 4 nitrogen and oxygen atoms in total. The lowest BCUT2D eigenvalue weighted by atomic mass is 9.87. The van der Waals surface area contributed by atoms with E-state index in [-0.39, 0.29) is 18.3 Å². The molecule has 2 unspecified atom stereocenters. The molecular weight excluding hydrogens is 374 g/mol. The van der Waals surface area contributed by atoms with Gasteiger partial charge in [0.2, 0.25) is 0 Å². The number of hydrogen-bond acceptors (Lipinski definition) is 4. The van der Waals surface area contributed by atoms with Crippen LogP contribution in [0.5, 0.6) is 5.75 Å². The summed E-state index contributed by atoms with van der Waals surface area (Å²) in [5.74, 6) is 0.859. The summed E-state index contributed by atoms with van der Waals surface area (Å²) >= 11 is 0. The minimum Gasteiger partial charge on any atom is -0.485 e. The van der Waals surface area contributed by atoms with E-state index in [0.29, 0.717) is 6.61 Å². The van der Waals surface area contributed by atoms with Crippen LogP contribution in [-0.4, -0.2) is 24.4 Å². The first kappa shape index (κ1) is 22.4. The highest BCUT2D eigenvalue weighted by Gasteiger charge is 2.45. The largest absolute Gasteiger partial charge is 0.485 e. The van der Waals surface area contributed by atoms with Gasteiger partial charge in [-0.1, -0.05) is 36.4 Å². The topological polar surface area (TPSA) is 39.7 Å². The lowest BCUT2D eigenvalue weighted by molar-refractivity contribution is -0.168. The van der Waals surface area contributed by atoms with Crippen LogP contribution in [0.1, 0.15) is 57.4 Å². The average molecular weight is 410 g/mol. The van der Waals surface area contributed by atoms with Gasteiger partial charge in [-0.15, -0.1) is 0 Å². The van der Waals surface area contributed by atoms with Gasteiger partial charge in [0.25, 0.3) is 0 Å². The van der Waals surface area contributed by atoms with Gasteiger partial charge < -0.3 is 19.5 Å². The Bertz CT molecular complexity index is 872. The molecule has 0 amide bonds. The van der Waals surface area contributed by atoms with Gasteiger partial charge in [-0.25, -0.2) is 0 Å². The first-order valence-electron chi connectivity index (χ1n) is 10.8. The zero-order valence-electron chi connectivity index (χ0n) is 19.1. The molecule has 1 N–H and O–H groups in total. The van der Waals surface area contributed by atoms with E-state index in [1.807, 2.05) is 25.1 Å². The molecule has 0 bridgehead atoms. The molecule has 2 aromatic carbocycles. The maximum Gasteiger partial charge on any atom is 0.132 e. The first-order valence-corrected chi connectivity index (χ1v) is 10.8. The molecule has 0 aliphatic carbocycles. The molecule has 30 heavy (non-hydrogen) atoms. The molecule has 0 aromatic heterocycles. The predicted molar refractivity (Wildman–Crippen MR) is 123 cm³/mol. The quantitative estimate of drug-likeness (QED) is 0.527. The van der Waals surface area contributed by atoms with E-state index in [1.54, 1.807) is 0 Å². The highest BCUT2D eigenvalue weighted by molar-refractivity contribution is 5.54. The number of allylic oxidation sites excluding steroid dienone is 1. The van der Waals surface area contributed by atoms with Crippen molar-refractivity contribution < 1.29 is 14.2 Å². The fraction of sp³-hybridized carbons (Fsp3) is 0.462. The van der Waals surface area contributed by atoms with Crippen molar-refractivity contribution >= 4 is 5.69 Å². The summed E-state index contributed by atoms with van der Waals surface area (Å²) in [5.41, 5.74) is 4.15. The first-order chi connectivity index (χ1) is 14.3. The standard InChI is InChI=1S/C26H35NO3/c1-7-8-15-28-25-24(29-18(2)3)22-16-21(13-14-23(22)30-26(25,5)6)27-17-20-12-10-9-11-19(20)4/h7-14,16,18,24-25,27H,15,17H2,1-6H3. The number of benzene rings is 2. The van der Waals surface area contributed by atoms with Crippen molar-refractivity contribution in [2.24, 2.45) is 0 Å². The lowest BCUT2D eigenvalue weighted by Crippen LogP contribution is -2.51. The molecule has 3 rings (SSSR count). The van der Waals surface area contributed by atoms with Gasteiger partial charge in [-0.05, 0) is 70.9 Å². The molecule has 4 heteroatoms. The van der Waals surface area contributed by atoms with Crippen LogP contribution in [0.2, 0.25) is 0 Å². The van der Waals surface area contributed by atoms with Crippen molar-refractivity contribution in [3.05, 3.63) is 71.3 Å². The van der Waals surface area contributed by atoms with Gasteiger partial charge in [0.15, 0.2) is 0 Å². The fourth-order valence-electron chi connectivity index (χ4n) is 3.83. The van der Waals surface area contributed by atoms with Crippen LogP contribution in [0.3, 0.4) is 0 Å². The van der Waals surface area contributed by atoms with Crippen LogP contribution in [0, 0.1) is 6.92 Å². The normalized spacial score (nSPS) is 20.2. The molecule has 0 fully saturated rings. The summed E-state index contributed by atoms with van der Waals surface area (Å²) in [6, 6.07) is 14.7. The minimum atomic E-state index is -0.496. The summed E-state index contributed by atoms with van der Waals surface area (Å²) < 4.78 is 19.0. The smallest absolute Gasteiger partial charge is 0.132 e. The summed E-state index contributed by atoms with van der Waals surface area (Å²) in [6.07, 6.45) is 3.67. The van der Waals surface area contributed by atoms with E-state index in [4.69, 9.17) is 14.2 Å². The van der Waals surface area contributed by atoms with Crippen LogP contribution < -0.4 is 10.1 Å². The third-order valence-corrected chi connectivity index (χ3v) is 5.42. The summed E-state index contributed by atoms with van der Waals surface area (Å²) in [6.45, 7) is 13.7. The van der Waals surface area contributed by atoms with Crippen molar-refractivity contribution in [1.82, 2.24) is 0 Å². The Balaban J connectivity index is 1.88. The second-order valence-electron chi connectivity index (χ2n) is 8.67. The summed E-state index contributed by atoms with van der Waals surface area (Å²) in [7, 11) is 0. The lowest BCUT2D eigenvalue weighted by Gasteiger charge is -2.44. The number of rotatable bonds is 8. The highest BCUT2D eigenvalue weighted by Crippen LogP contribution is 2.44. The predicted octanol–water partition coefficient (Wildman–Crippen LogP) is 6.21. The highest BCUT2D eigenvalue weighted by atomic mass is 16.6. The van der Waals surface area contributed by atoms with Crippen molar-refractivity contribution in [2.45, 2.75) is 72.0 Å². The van der Waals surface area contributed by atoms with Crippen LogP contribution >= 0.6 is 0 Å². The van der Waals surface area contributed by atoms with Gasteiger partial charge in [0, 0.05) is 17.8 Å². The van der Waals surface area contributed by atoms with Gasteiger partial charge in [-0.3, -0.25) is 0 Å².